The molecule has 0 radical (unpaired) electrons. The van der Waals surface area contributed by atoms with Gasteiger partial charge in [-0.15, -0.1) is 0 Å². The van der Waals surface area contributed by atoms with Crippen molar-refractivity contribution in [2.45, 2.75) is 57.4 Å². The van der Waals surface area contributed by atoms with Crippen molar-refractivity contribution in [2.24, 2.45) is 11.3 Å². The van der Waals surface area contributed by atoms with E-state index in [1.54, 1.807) is 0 Å². The second-order valence-corrected chi connectivity index (χ2v) is 6.92. The van der Waals surface area contributed by atoms with Gasteiger partial charge in [0, 0.05) is 17.9 Å². The third-order valence-electron chi connectivity index (χ3n) is 5.34. The molecule has 1 heterocycles. The monoisotopic (exact) mass is 285 g/mol. The number of likely N-dealkylation sites (tertiary alicyclic amines) is 1. The first-order valence-electron chi connectivity index (χ1n) is 7.13. The van der Waals surface area contributed by atoms with Crippen molar-refractivity contribution in [3.05, 3.63) is 0 Å². The van der Waals surface area contributed by atoms with Gasteiger partial charge in [0.25, 0.3) is 0 Å². The molecule has 1 nitrogen and oxygen atoms in total. The lowest BCUT2D eigenvalue weighted by Gasteiger charge is -2.48. The van der Waals surface area contributed by atoms with Crippen LogP contribution in [0.1, 0.15) is 51.4 Å². The van der Waals surface area contributed by atoms with Gasteiger partial charge in [0.15, 0.2) is 0 Å². The fourth-order valence-corrected chi connectivity index (χ4v) is 4.93. The van der Waals surface area contributed by atoms with Crippen LogP contribution in [-0.4, -0.2) is 29.4 Å². The molecule has 2 saturated carbocycles. The maximum absolute atomic E-state index is 3.76. The van der Waals surface area contributed by atoms with E-state index >= 15 is 0 Å². The predicted molar refractivity (Wildman–Crippen MR) is 72.0 cm³/mol. The first-order valence-corrected chi connectivity index (χ1v) is 8.25. The van der Waals surface area contributed by atoms with Gasteiger partial charge < -0.3 is 0 Å². The smallest absolute Gasteiger partial charge is 0.0124 e. The van der Waals surface area contributed by atoms with Crippen LogP contribution < -0.4 is 0 Å². The van der Waals surface area contributed by atoms with Crippen LogP contribution in [-0.2, 0) is 0 Å². The van der Waals surface area contributed by atoms with Crippen LogP contribution in [0.25, 0.3) is 0 Å². The van der Waals surface area contributed by atoms with E-state index in [0.29, 0.717) is 5.41 Å². The molecule has 2 aliphatic carbocycles. The van der Waals surface area contributed by atoms with E-state index in [0.717, 1.165) is 12.0 Å². The first kappa shape index (κ1) is 11.5. The average Bonchev–Trinajstić information content (AvgIpc) is 2.72. The highest BCUT2D eigenvalue weighted by atomic mass is 79.9. The van der Waals surface area contributed by atoms with Gasteiger partial charge in [-0.3, -0.25) is 4.90 Å². The fourth-order valence-electron chi connectivity index (χ4n) is 4.20. The van der Waals surface area contributed by atoms with Crippen LogP contribution in [0.5, 0.6) is 0 Å². The largest absolute Gasteiger partial charge is 0.300 e. The number of rotatable bonds is 3. The summed E-state index contributed by atoms with van der Waals surface area (Å²) in [5.74, 6) is 1.06. The van der Waals surface area contributed by atoms with E-state index in [4.69, 9.17) is 0 Å². The minimum atomic E-state index is 0.657. The molecule has 3 rings (SSSR count). The van der Waals surface area contributed by atoms with E-state index in [2.05, 4.69) is 20.8 Å². The molecule has 0 N–H and O–H groups in total. The molecule has 1 saturated heterocycles. The summed E-state index contributed by atoms with van der Waals surface area (Å²) in [4.78, 5) is 2.86. The lowest BCUT2D eigenvalue weighted by atomic mass is 9.69. The van der Waals surface area contributed by atoms with Gasteiger partial charge in [-0.1, -0.05) is 28.8 Å². The highest BCUT2D eigenvalue weighted by molar-refractivity contribution is 9.09. The van der Waals surface area contributed by atoms with Gasteiger partial charge in [0.05, 0.1) is 0 Å². The molecule has 0 aromatic heterocycles. The zero-order valence-electron chi connectivity index (χ0n) is 10.3. The number of alkyl halides is 1. The summed E-state index contributed by atoms with van der Waals surface area (Å²) < 4.78 is 0. The summed E-state index contributed by atoms with van der Waals surface area (Å²) >= 11 is 3.76. The number of fused-ring (bicyclic) bond motifs is 1. The SMILES string of the molecule is BrCC1(CN2CCCC3CCCC32)CCC1. The second kappa shape index (κ2) is 4.61. The van der Waals surface area contributed by atoms with Crippen LogP contribution >= 0.6 is 15.9 Å². The Bertz CT molecular complexity index is 244. The van der Waals surface area contributed by atoms with Gasteiger partial charge >= 0.3 is 0 Å². The lowest BCUT2D eigenvalue weighted by molar-refractivity contribution is 0.0316. The molecule has 0 spiro atoms. The van der Waals surface area contributed by atoms with E-state index in [1.165, 1.54) is 69.8 Å². The molecular formula is C14H24BrN. The van der Waals surface area contributed by atoms with E-state index in [9.17, 15) is 0 Å². The van der Waals surface area contributed by atoms with Gasteiger partial charge in [-0.25, -0.2) is 0 Å². The summed E-state index contributed by atoms with van der Waals surface area (Å²) in [5.41, 5.74) is 0.657. The molecule has 92 valence electrons. The van der Waals surface area contributed by atoms with Crippen molar-refractivity contribution in [1.82, 2.24) is 4.90 Å². The molecule has 2 heteroatoms. The van der Waals surface area contributed by atoms with Crippen molar-refractivity contribution < 1.29 is 0 Å². The zero-order chi connectivity index (χ0) is 11.0. The van der Waals surface area contributed by atoms with Crippen molar-refractivity contribution in [1.29, 1.82) is 0 Å². The number of hydrogen-bond donors (Lipinski definition) is 0. The number of halogens is 1. The molecule has 0 amide bonds. The van der Waals surface area contributed by atoms with Gasteiger partial charge in [-0.05, 0) is 56.4 Å². The van der Waals surface area contributed by atoms with E-state index in [1.807, 2.05) is 0 Å². The number of hydrogen-bond acceptors (Lipinski definition) is 1. The average molecular weight is 286 g/mol. The van der Waals surface area contributed by atoms with Gasteiger partial charge in [0.2, 0.25) is 0 Å². The Morgan fingerprint density at radius 1 is 1.06 bits per heavy atom. The first-order chi connectivity index (χ1) is 7.83. The summed E-state index contributed by atoms with van der Waals surface area (Å²) in [6.45, 7) is 2.77. The normalized spacial score (nSPS) is 38.1. The Kier molecular flexibility index (Phi) is 3.32. The van der Waals surface area contributed by atoms with Crippen molar-refractivity contribution in [2.75, 3.05) is 18.4 Å². The highest BCUT2D eigenvalue weighted by Gasteiger charge is 2.42. The van der Waals surface area contributed by atoms with E-state index in [-0.39, 0.29) is 0 Å². The van der Waals surface area contributed by atoms with Crippen LogP contribution in [0.4, 0.5) is 0 Å². The number of nitrogens with zero attached hydrogens (tertiary/aromatic N) is 1. The fraction of sp³-hybridized carbons (Fsp3) is 1.00. The minimum absolute atomic E-state index is 0.657. The standard InChI is InChI=1S/C14H24BrN/c15-10-14(7-3-8-14)11-16-9-2-5-12-4-1-6-13(12)16/h12-13H,1-11H2. The zero-order valence-corrected chi connectivity index (χ0v) is 11.8. The van der Waals surface area contributed by atoms with Crippen LogP contribution in [0.15, 0.2) is 0 Å². The third-order valence-corrected chi connectivity index (χ3v) is 6.53. The molecule has 0 aromatic rings. The molecule has 3 fully saturated rings. The molecular weight excluding hydrogens is 262 g/mol. The van der Waals surface area contributed by atoms with Crippen molar-refractivity contribution >= 4 is 15.9 Å². The number of piperidine rings is 1. The van der Waals surface area contributed by atoms with Crippen LogP contribution in [0.2, 0.25) is 0 Å². The van der Waals surface area contributed by atoms with E-state index < -0.39 is 0 Å². The maximum atomic E-state index is 3.76. The molecule has 16 heavy (non-hydrogen) atoms. The quantitative estimate of drug-likeness (QED) is 0.713. The Balaban J connectivity index is 1.64. The summed E-state index contributed by atoms with van der Waals surface area (Å²) in [6, 6.07) is 0.963. The third kappa shape index (κ3) is 1.96. The van der Waals surface area contributed by atoms with Crippen molar-refractivity contribution in [3.8, 4) is 0 Å². The summed E-state index contributed by atoms with van der Waals surface area (Å²) in [5, 5.41) is 1.23. The van der Waals surface area contributed by atoms with Crippen molar-refractivity contribution in [3.63, 3.8) is 0 Å². The molecule has 2 atom stereocenters. The topological polar surface area (TPSA) is 3.24 Å². The Labute approximate surface area is 108 Å². The second-order valence-electron chi connectivity index (χ2n) is 6.36. The van der Waals surface area contributed by atoms with Gasteiger partial charge in [-0.2, -0.15) is 0 Å². The maximum Gasteiger partial charge on any atom is 0.0124 e. The molecule has 1 aliphatic heterocycles. The Morgan fingerprint density at radius 2 is 1.88 bits per heavy atom. The lowest BCUT2D eigenvalue weighted by Crippen LogP contribution is -2.50. The van der Waals surface area contributed by atoms with Gasteiger partial charge in [0.1, 0.15) is 0 Å². The minimum Gasteiger partial charge on any atom is -0.300 e. The molecule has 0 bridgehead atoms. The molecule has 3 aliphatic rings. The summed E-state index contributed by atoms with van der Waals surface area (Å²) in [6.07, 6.45) is 11.9. The Morgan fingerprint density at radius 3 is 2.56 bits per heavy atom. The predicted octanol–water partition coefficient (Wildman–Crippen LogP) is 3.82. The molecule has 2 unspecified atom stereocenters. The van der Waals surface area contributed by atoms with Crippen LogP contribution in [0, 0.1) is 11.3 Å². The highest BCUT2D eigenvalue weighted by Crippen LogP contribution is 2.45. The van der Waals surface area contributed by atoms with Crippen LogP contribution in [0.3, 0.4) is 0 Å². The summed E-state index contributed by atoms with van der Waals surface area (Å²) in [7, 11) is 0. The molecule has 0 aromatic carbocycles. The Hall–Kier alpha value is 0.440.